The van der Waals surface area contributed by atoms with Gasteiger partial charge in [-0.25, -0.2) is 15.6 Å². The molecule has 0 radical (unpaired) electrons. The minimum absolute atomic E-state index is 0.0604. The molecule has 0 amide bonds. The van der Waals surface area contributed by atoms with Crippen LogP contribution in [-0.4, -0.2) is 30.4 Å². The van der Waals surface area contributed by atoms with Crippen LogP contribution in [0.4, 0.5) is 0 Å². The number of benzene rings is 1. The molecule has 0 saturated heterocycles. The van der Waals surface area contributed by atoms with Crippen LogP contribution in [0.5, 0.6) is 0 Å². The number of hydrazine groups is 1. The second kappa shape index (κ2) is 5.91. The van der Waals surface area contributed by atoms with E-state index in [0.29, 0.717) is 10.6 Å². The Hall–Kier alpha value is -2.09. The van der Waals surface area contributed by atoms with Gasteiger partial charge in [0.25, 0.3) is 0 Å². The van der Waals surface area contributed by atoms with Crippen LogP contribution in [0.15, 0.2) is 35.0 Å². The highest BCUT2D eigenvalue weighted by molar-refractivity contribution is 6.30. The predicted octanol–water partition coefficient (Wildman–Crippen LogP) is -0.0350. The monoisotopic (exact) mass is 296 g/mol. The van der Waals surface area contributed by atoms with Crippen molar-refractivity contribution in [2.24, 2.45) is 10.8 Å². The minimum Gasteiger partial charge on any atom is -0.464 e. The molecular weight excluding hydrogens is 284 g/mol. The summed E-state index contributed by atoms with van der Waals surface area (Å²) in [7, 11) is 1.24. The van der Waals surface area contributed by atoms with Crippen molar-refractivity contribution in [2.45, 2.75) is 6.23 Å². The summed E-state index contributed by atoms with van der Waals surface area (Å²) in [6, 6.07) is 6.63. The molecule has 0 saturated carbocycles. The third kappa shape index (κ3) is 2.74. The third-order valence-corrected chi connectivity index (χ3v) is 2.96. The van der Waals surface area contributed by atoms with Crippen molar-refractivity contribution in [3.05, 3.63) is 40.5 Å². The molecule has 0 spiro atoms. The number of hydrogen-bond acceptors (Lipinski definition) is 7. The number of esters is 1. The van der Waals surface area contributed by atoms with E-state index in [1.807, 2.05) is 0 Å². The first-order valence-corrected chi connectivity index (χ1v) is 6.02. The average Bonchev–Trinajstić information content (AvgIpc) is 2.46. The number of nitrogens with zero attached hydrogens (tertiary/aromatic N) is 1. The molecule has 5 N–H and O–H groups in total. The predicted molar refractivity (Wildman–Crippen MR) is 74.3 cm³/mol. The summed E-state index contributed by atoms with van der Waals surface area (Å²) in [5.41, 5.74) is 3.18. The molecule has 2 rings (SSSR count). The van der Waals surface area contributed by atoms with Gasteiger partial charge in [0, 0.05) is 10.6 Å². The third-order valence-electron chi connectivity index (χ3n) is 2.70. The van der Waals surface area contributed by atoms with Crippen molar-refractivity contribution < 1.29 is 14.6 Å². The lowest BCUT2D eigenvalue weighted by molar-refractivity contribution is -0.136. The fraction of sp³-hybridized carbons (Fsp3) is 0.167. The van der Waals surface area contributed by atoms with E-state index in [-0.39, 0.29) is 17.2 Å². The Morgan fingerprint density at radius 1 is 1.50 bits per heavy atom. The van der Waals surface area contributed by atoms with Gasteiger partial charge in [-0.2, -0.15) is 0 Å². The van der Waals surface area contributed by atoms with Crippen LogP contribution in [-0.2, 0) is 9.53 Å². The van der Waals surface area contributed by atoms with Crippen LogP contribution in [0, 0.1) is 0 Å². The molecule has 1 aliphatic heterocycles. The van der Waals surface area contributed by atoms with Gasteiger partial charge in [-0.05, 0) is 17.7 Å². The van der Waals surface area contributed by atoms with Crippen LogP contribution in [0.1, 0.15) is 5.56 Å². The highest BCUT2D eigenvalue weighted by atomic mass is 35.5. The van der Waals surface area contributed by atoms with Gasteiger partial charge in [0.15, 0.2) is 6.23 Å². The van der Waals surface area contributed by atoms with Crippen LogP contribution in [0.3, 0.4) is 0 Å². The van der Waals surface area contributed by atoms with E-state index in [9.17, 15) is 9.90 Å². The summed E-state index contributed by atoms with van der Waals surface area (Å²) in [6.07, 6.45) is -1.25. The fourth-order valence-corrected chi connectivity index (χ4v) is 1.92. The molecule has 1 aromatic carbocycles. The first-order valence-electron chi connectivity index (χ1n) is 5.64. The number of guanidine groups is 1. The summed E-state index contributed by atoms with van der Waals surface area (Å²) in [5, 5.41) is 13.3. The van der Waals surface area contributed by atoms with Gasteiger partial charge in [0.2, 0.25) is 5.96 Å². The van der Waals surface area contributed by atoms with Gasteiger partial charge in [0.05, 0.1) is 7.11 Å². The van der Waals surface area contributed by atoms with Crippen molar-refractivity contribution >= 4 is 29.1 Å². The van der Waals surface area contributed by atoms with Crippen molar-refractivity contribution in [2.75, 3.05) is 7.11 Å². The number of ether oxygens (including phenoxy) is 1. The van der Waals surface area contributed by atoms with Crippen molar-refractivity contribution in [3.8, 4) is 0 Å². The summed E-state index contributed by atoms with van der Waals surface area (Å²) in [5.74, 6) is 4.65. The van der Waals surface area contributed by atoms with Gasteiger partial charge in [0.1, 0.15) is 5.70 Å². The Kier molecular flexibility index (Phi) is 4.23. The smallest absolute Gasteiger partial charge is 0.355 e. The highest BCUT2D eigenvalue weighted by Gasteiger charge is 2.28. The molecular formula is C12H13ClN4O3. The molecule has 0 aliphatic carbocycles. The van der Waals surface area contributed by atoms with E-state index < -0.39 is 12.2 Å². The molecule has 0 unspecified atom stereocenters. The highest BCUT2D eigenvalue weighted by Crippen LogP contribution is 2.26. The first-order chi connectivity index (χ1) is 9.56. The Morgan fingerprint density at radius 2 is 2.15 bits per heavy atom. The molecule has 0 fully saturated rings. The minimum atomic E-state index is -1.25. The molecule has 8 heteroatoms. The van der Waals surface area contributed by atoms with Crippen molar-refractivity contribution in [3.63, 3.8) is 0 Å². The first kappa shape index (κ1) is 14.3. The van der Waals surface area contributed by atoms with Crippen LogP contribution >= 0.6 is 11.6 Å². The van der Waals surface area contributed by atoms with Crippen LogP contribution in [0.2, 0.25) is 5.02 Å². The Balaban J connectivity index is 2.50. The summed E-state index contributed by atoms with van der Waals surface area (Å²) >= 11 is 5.82. The molecule has 106 valence electrons. The number of halogens is 1. The number of rotatable bonds is 2. The SMILES string of the molecule is COC(=O)C1=C(c2ccc(Cl)cc2)[C@@H](O)N=C(NN)N1. The maximum absolute atomic E-state index is 11.8. The lowest BCUT2D eigenvalue weighted by Gasteiger charge is -2.23. The zero-order chi connectivity index (χ0) is 14.7. The summed E-state index contributed by atoms with van der Waals surface area (Å²) in [6.45, 7) is 0. The van der Waals surface area contributed by atoms with Gasteiger partial charge in [-0.1, -0.05) is 23.7 Å². The van der Waals surface area contributed by atoms with E-state index in [2.05, 4.69) is 20.5 Å². The summed E-state index contributed by atoms with van der Waals surface area (Å²) in [4.78, 5) is 15.7. The number of aliphatic hydroxyl groups excluding tert-OH is 1. The molecule has 0 aromatic heterocycles. The maximum atomic E-state index is 11.8. The second-order valence-corrected chi connectivity index (χ2v) is 4.34. The number of carbonyl (C=O) groups excluding carboxylic acids is 1. The number of aliphatic hydroxyl groups is 1. The standard InChI is InChI=1S/C12H13ClN4O3/c1-20-11(19)9-8(6-2-4-7(13)5-3-6)10(18)16-12(15-9)17-14/h2-5,10,18H,14H2,1H3,(H2,15,16,17)/t10-/m1/s1. The van der Waals surface area contributed by atoms with Crippen LogP contribution < -0.4 is 16.6 Å². The summed E-state index contributed by atoms with van der Waals surface area (Å²) < 4.78 is 4.69. The number of aliphatic imine (C=N–C) groups is 1. The largest absolute Gasteiger partial charge is 0.464 e. The van der Waals surface area contributed by atoms with E-state index >= 15 is 0 Å². The number of hydrogen-bond donors (Lipinski definition) is 4. The fourth-order valence-electron chi connectivity index (χ4n) is 1.79. The maximum Gasteiger partial charge on any atom is 0.355 e. The normalized spacial score (nSPS) is 18.2. The molecule has 1 heterocycles. The van der Waals surface area contributed by atoms with Crippen molar-refractivity contribution in [1.29, 1.82) is 0 Å². The number of nitrogens with two attached hydrogens (primary N) is 1. The Morgan fingerprint density at radius 3 is 2.70 bits per heavy atom. The van der Waals surface area contributed by atoms with Gasteiger partial charge in [-0.15, -0.1) is 0 Å². The zero-order valence-electron chi connectivity index (χ0n) is 10.6. The lowest BCUT2D eigenvalue weighted by atomic mass is 10.0. The molecule has 7 nitrogen and oxygen atoms in total. The molecule has 1 aromatic rings. The molecule has 20 heavy (non-hydrogen) atoms. The van der Waals surface area contributed by atoms with Gasteiger partial charge in [-0.3, -0.25) is 5.43 Å². The topological polar surface area (TPSA) is 109 Å². The van der Waals surface area contributed by atoms with Gasteiger partial charge >= 0.3 is 5.97 Å². The zero-order valence-corrected chi connectivity index (χ0v) is 11.3. The van der Waals surface area contributed by atoms with E-state index in [0.717, 1.165) is 0 Å². The number of nitrogens with one attached hydrogen (secondary N) is 2. The molecule has 0 bridgehead atoms. The van der Waals surface area contributed by atoms with E-state index in [1.54, 1.807) is 24.3 Å². The molecule has 1 aliphatic rings. The average molecular weight is 297 g/mol. The van der Waals surface area contributed by atoms with Gasteiger partial charge < -0.3 is 15.2 Å². The molecule has 1 atom stereocenters. The van der Waals surface area contributed by atoms with Crippen molar-refractivity contribution in [1.82, 2.24) is 10.7 Å². The van der Waals surface area contributed by atoms with E-state index in [4.69, 9.17) is 17.4 Å². The Labute approximate surface area is 120 Å². The lowest BCUT2D eigenvalue weighted by Crippen LogP contribution is -2.46. The number of methoxy groups -OCH3 is 1. The Bertz CT molecular complexity index is 583. The van der Waals surface area contributed by atoms with Crippen LogP contribution in [0.25, 0.3) is 5.57 Å². The van der Waals surface area contributed by atoms with E-state index in [1.165, 1.54) is 7.11 Å². The number of carbonyl (C=O) groups is 1. The second-order valence-electron chi connectivity index (χ2n) is 3.91. The quantitative estimate of drug-likeness (QED) is 0.346.